The molecule has 7 nitrogen and oxygen atoms in total. The maximum absolute atomic E-state index is 12.7. The standard InChI is InChI=1S/C20H17N3O4/c1-26-13-9-7-12(8-10-13)23-20(25)18-16(24)11-15(21-19(18)22-23)14-5-3-4-6-17(14)27-2/h3-11H,1-2H3,(H2,21,22,24). The van der Waals surface area contributed by atoms with Crippen molar-refractivity contribution in [2.75, 3.05) is 14.2 Å². The van der Waals surface area contributed by atoms with Crippen molar-refractivity contribution >= 4 is 11.0 Å². The molecule has 27 heavy (non-hydrogen) atoms. The van der Waals surface area contributed by atoms with Crippen LogP contribution in [0.1, 0.15) is 0 Å². The molecule has 2 heterocycles. The van der Waals surface area contributed by atoms with Crippen LogP contribution in [0.4, 0.5) is 0 Å². The van der Waals surface area contributed by atoms with Crippen molar-refractivity contribution in [2.24, 2.45) is 0 Å². The number of methoxy groups -OCH3 is 2. The van der Waals surface area contributed by atoms with Gasteiger partial charge in [0.25, 0.3) is 5.56 Å². The fourth-order valence-electron chi connectivity index (χ4n) is 3.06. The SMILES string of the molecule is COc1ccc(-n2[nH]c3[nH]c(-c4ccccc4OC)cc(=O)c3c2=O)cc1. The Morgan fingerprint density at radius 2 is 1.67 bits per heavy atom. The molecule has 2 N–H and O–H groups in total. The fraction of sp³-hybridized carbons (Fsp3) is 0.100. The summed E-state index contributed by atoms with van der Waals surface area (Å²) in [6.07, 6.45) is 0. The van der Waals surface area contributed by atoms with E-state index in [0.29, 0.717) is 28.5 Å². The van der Waals surface area contributed by atoms with Crippen molar-refractivity contribution in [1.29, 1.82) is 0 Å². The minimum atomic E-state index is -0.414. The van der Waals surface area contributed by atoms with Gasteiger partial charge in [-0.05, 0) is 36.4 Å². The van der Waals surface area contributed by atoms with E-state index in [0.717, 1.165) is 5.56 Å². The highest BCUT2D eigenvalue weighted by atomic mass is 16.5. The number of H-pyrrole nitrogens is 2. The third kappa shape index (κ3) is 2.79. The normalized spacial score (nSPS) is 10.9. The zero-order valence-corrected chi connectivity index (χ0v) is 14.8. The number of rotatable bonds is 4. The molecule has 2 aromatic carbocycles. The van der Waals surface area contributed by atoms with Gasteiger partial charge >= 0.3 is 0 Å². The molecule has 0 atom stereocenters. The molecule has 0 spiro atoms. The zero-order valence-electron chi connectivity index (χ0n) is 14.8. The molecule has 0 saturated carbocycles. The molecular weight excluding hydrogens is 346 g/mol. The van der Waals surface area contributed by atoms with Crippen molar-refractivity contribution in [3.05, 3.63) is 75.2 Å². The lowest BCUT2D eigenvalue weighted by molar-refractivity contribution is 0.414. The van der Waals surface area contributed by atoms with Gasteiger partial charge in [0.05, 0.1) is 25.6 Å². The van der Waals surface area contributed by atoms with Crippen LogP contribution in [0.5, 0.6) is 11.5 Å². The Bertz CT molecular complexity index is 1230. The average molecular weight is 363 g/mol. The molecule has 0 aliphatic rings. The van der Waals surface area contributed by atoms with Crippen LogP contribution in [-0.4, -0.2) is 29.0 Å². The van der Waals surface area contributed by atoms with Crippen molar-refractivity contribution in [2.45, 2.75) is 0 Å². The number of nitrogens with zero attached hydrogens (tertiary/aromatic N) is 1. The Morgan fingerprint density at radius 3 is 2.37 bits per heavy atom. The van der Waals surface area contributed by atoms with Crippen LogP contribution in [0, 0.1) is 0 Å². The molecule has 0 saturated heterocycles. The van der Waals surface area contributed by atoms with Crippen LogP contribution in [0.3, 0.4) is 0 Å². The Morgan fingerprint density at radius 1 is 0.926 bits per heavy atom. The number of ether oxygens (including phenoxy) is 2. The minimum absolute atomic E-state index is 0.0736. The van der Waals surface area contributed by atoms with Crippen molar-refractivity contribution in [3.63, 3.8) is 0 Å². The van der Waals surface area contributed by atoms with Gasteiger partial charge in [-0.2, -0.15) is 0 Å². The Balaban J connectivity index is 1.91. The van der Waals surface area contributed by atoms with Crippen LogP contribution in [0.15, 0.2) is 64.2 Å². The quantitative estimate of drug-likeness (QED) is 0.583. The molecule has 136 valence electrons. The van der Waals surface area contributed by atoms with Crippen LogP contribution >= 0.6 is 0 Å². The summed E-state index contributed by atoms with van der Waals surface area (Å²) >= 11 is 0. The largest absolute Gasteiger partial charge is 0.497 e. The second-order valence-electron chi connectivity index (χ2n) is 5.95. The van der Waals surface area contributed by atoms with Gasteiger partial charge in [-0.1, -0.05) is 12.1 Å². The monoisotopic (exact) mass is 363 g/mol. The average Bonchev–Trinajstić information content (AvgIpc) is 3.05. The van der Waals surface area contributed by atoms with E-state index in [4.69, 9.17) is 9.47 Å². The fourth-order valence-corrected chi connectivity index (χ4v) is 3.06. The molecule has 7 heteroatoms. The van der Waals surface area contributed by atoms with Gasteiger partial charge in [-0.25, -0.2) is 4.68 Å². The number of aromatic amines is 2. The highest BCUT2D eigenvalue weighted by Crippen LogP contribution is 2.27. The summed E-state index contributed by atoms with van der Waals surface area (Å²) in [4.78, 5) is 28.5. The van der Waals surface area contributed by atoms with Gasteiger partial charge in [0, 0.05) is 11.6 Å². The van der Waals surface area contributed by atoms with E-state index in [1.165, 1.54) is 10.7 Å². The molecule has 0 bridgehead atoms. The summed E-state index contributed by atoms with van der Waals surface area (Å²) in [5, 5.41) is 3.05. The maximum Gasteiger partial charge on any atom is 0.284 e. The number of hydrogen-bond donors (Lipinski definition) is 2. The van der Waals surface area contributed by atoms with E-state index in [1.807, 2.05) is 24.3 Å². The van der Waals surface area contributed by atoms with Crippen LogP contribution in [0.2, 0.25) is 0 Å². The molecule has 0 aliphatic heterocycles. The maximum atomic E-state index is 12.7. The number of nitrogens with one attached hydrogen (secondary N) is 2. The lowest BCUT2D eigenvalue weighted by Gasteiger charge is -2.08. The van der Waals surface area contributed by atoms with Crippen molar-refractivity contribution in [3.8, 4) is 28.4 Å². The van der Waals surface area contributed by atoms with E-state index >= 15 is 0 Å². The first-order chi connectivity index (χ1) is 13.1. The van der Waals surface area contributed by atoms with Gasteiger partial charge < -0.3 is 14.5 Å². The van der Waals surface area contributed by atoms with Crippen molar-refractivity contribution < 1.29 is 9.47 Å². The summed E-state index contributed by atoms with van der Waals surface area (Å²) in [5.74, 6) is 1.31. The highest BCUT2D eigenvalue weighted by molar-refractivity contribution is 5.79. The summed E-state index contributed by atoms with van der Waals surface area (Å²) in [5.41, 5.74) is 1.47. The molecule has 2 aromatic heterocycles. The van der Waals surface area contributed by atoms with E-state index in [-0.39, 0.29) is 10.8 Å². The molecule has 4 rings (SSSR count). The number of aromatic nitrogens is 3. The molecule has 0 fully saturated rings. The van der Waals surface area contributed by atoms with E-state index in [2.05, 4.69) is 10.1 Å². The smallest absolute Gasteiger partial charge is 0.284 e. The first-order valence-electron chi connectivity index (χ1n) is 8.28. The van der Waals surface area contributed by atoms with Crippen LogP contribution < -0.4 is 20.5 Å². The van der Waals surface area contributed by atoms with Gasteiger partial charge in [-0.3, -0.25) is 14.7 Å². The van der Waals surface area contributed by atoms with E-state index < -0.39 is 5.56 Å². The minimum Gasteiger partial charge on any atom is -0.497 e. The number of hydrogen-bond acceptors (Lipinski definition) is 4. The predicted octanol–water partition coefficient (Wildman–Crippen LogP) is 2.69. The third-order valence-electron chi connectivity index (χ3n) is 4.40. The first-order valence-corrected chi connectivity index (χ1v) is 8.28. The van der Waals surface area contributed by atoms with E-state index in [9.17, 15) is 9.59 Å². The number of fused-ring (bicyclic) bond motifs is 1. The lowest BCUT2D eigenvalue weighted by Crippen LogP contribution is -2.18. The second-order valence-corrected chi connectivity index (χ2v) is 5.95. The Labute approximate surface area is 153 Å². The number of para-hydroxylation sites is 1. The van der Waals surface area contributed by atoms with Crippen LogP contribution in [-0.2, 0) is 0 Å². The van der Waals surface area contributed by atoms with Gasteiger partial charge in [0.1, 0.15) is 22.5 Å². The van der Waals surface area contributed by atoms with Gasteiger partial charge in [0.2, 0.25) is 0 Å². The topological polar surface area (TPSA) is 89.1 Å². The number of pyridine rings is 1. The first kappa shape index (κ1) is 16.7. The summed E-state index contributed by atoms with van der Waals surface area (Å²) in [6, 6.07) is 15.7. The second kappa shape index (κ2) is 6.53. The summed E-state index contributed by atoms with van der Waals surface area (Å²) in [6.45, 7) is 0. The Kier molecular flexibility index (Phi) is 4.04. The highest BCUT2D eigenvalue weighted by Gasteiger charge is 2.15. The zero-order chi connectivity index (χ0) is 19.0. The number of benzene rings is 2. The molecule has 0 unspecified atom stereocenters. The van der Waals surface area contributed by atoms with Gasteiger partial charge in [0.15, 0.2) is 5.43 Å². The Hall–Kier alpha value is -3.74. The van der Waals surface area contributed by atoms with Crippen molar-refractivity contribution in [1.82, 2.24) is 14.8 Å². The van der Waals surface area contributed by atoms with Gasteiger partial charge in [-0.15, -0.1) is 0 Å². The van der Waals surface area contributed by atoms with Crippen LogP contribution in [0.25, 0.3) is 28.0 Å². The molecular formula is C20H17N3O4. The predicted molar refractivity (Wildman–Crippen MR) is 103 cm³/mol. The third-order valence-corrected chi connectivity index (χ3v) is 4.40. The molecule has 0 amide bonds. The summed E-state index contributed by atoms with van der Waals surface area (Å²) < 4.78 is 11.8. The molecule has 0 aliphatic carbocycles. The lowest BCUT2D eigenvalue weighted by atomic mass is 10.1. The molecule has 4 aromatic rings. The van der Waals surface area contributed by atoms with E-state index in [1.54, 1.807) is 38.5 Å². The summed E-state index contributed by atoms with van der Waals surface area (Å²) in [7, 11) is 3.14. The molecule has 0 radical (unpaired) electrons.